The van der Waals surface area contributed by atoms with Gasteiger partial charge in [-0.3, -0.25) is 4.57 Å². The van der Waals surface area contributed by atoms with E-state index in [-0.39, 0.29) is 0 Å². The summed E-state index contributed by atoms with van der Waals surface area (Å²) < 4.78 is 21.0. The maximum atomic E-state index is 13.9. The van der Waals surface area contributed by atoms with Gasteiger partial charge >= 0.3 is 7.59 Å². The van der Waals surface area contributed by atoms with Crippen molar-refractivity contribution in [3.05, 3.63) is 0 Å². The smallest absolute Gasteiger partial charge is 0.331 e. The maximum absolute atomic E-state index is 13.9. The van der Waals surface area contributed by atoms with Gasteiger partial charge in [-0.25, -0.2) is 9.34 Å². The van der Waals surface area contributed by atoms with Gasteiger partial charge in [0.25, 0.3) is 0 Å². The van der Waals surface area contributed by atoms with Crippen LogP contribution in [0.25, 0.3) is 0 Å². The molecular formula is C14H24Cl3N4OP. The molecular weight excluding hydrogens is 378 g/mol. The molecule has 3 aliphatic rings. The Morgan fingerprint density at radius 1 is 0.783 bits per heavy atom. The highest BCUT2D eigenvalue weighted by molar-refractivity contribution is 7.58. The summed E-state index contributed by atoms with van der Waals surface area (Å²) in [5.41, 5.74) is 0. The normalized spacial score (nSPS) is 25.7. The van der Waals surface area contributed by atoms with E-state index in [0.29, 0.717) is 5.84 Å². The lowest BCUT2D eigenvalue weighted by Gasteiger charge is -2.34. The summed E-state index contributed by atoms with van der Waals surface area (Å²) in [4.78, 5) is 1.99. The van der Waals surface area contributed by atoms with Crippen LogP contribution in [-0.4, -0.2) is 63.1 Å². The summed E-state index contributed by atoms with van der Waals surface area (Å²) in [6.07, 6.45) is 6.33. The fraction of sp³-hybridized carbons (Fsp3) is 0.929. The third-order valence-electron chi connectivity index (χ3n) is 4.79. The molecule has 0 aromatic heterocycles. The zero-order valence-corrected chi connectivity index (χ0v) is 16.4. The van der Waals surface area contributed by atoms with Crippen molar-refractivity contribution >= 4 is 48.2 Å². The second-order valence-corrected chi connectivity index (χ2v) is 11.1. The third-order valence-corrected chi connectivity index (χ3v) is 8.02. The first kappa shape index (κ1) is 18.3. The summed E-state index contributed by atoms with van der Waals surface area (Å²) >= 11 is 18.6. The number of rotatable bonds is 3. The first-order valence-corrected chi connectivity index (χ1v) is 11.1. The zero-order chi connectivity index (χ0) is 16.5. The summed E-state index contributed by atoms with van der Waals surface area (Å²) in [6.45, 7) is 4.86. The van der Waals surface area contributed by atoms with E-state index in [1.165, 1.54) is 0 Å². The van der Waals surface area contributed by atoms with Crippen molar-refractivity contribution < 1.29 is 4.57 Å². The number of amidine groups is 1. The monoisotopic (exact) mass is 400 g/mol. The Balaban J connectivity index is 1.97. The second kappa shape index (κ2) is 7.39. The van der Waals surface area contributed by atoms with E-state index >= 15 is 0 Å². The van der Waals surface area contributed by atoms with E-state index in [9.17, 15) is 4.57 Å². The lowest BCUT2D eigenvalue weighted by Crippen LogP contribution is -2.39. The number of nitrogens with zero attached hydrogens (tertiary/aromatic N) is 4. The van der Waals surface area contributed by atoms with Crippen LogP contribution in [0.2, 0.25) is 0 Å². The van der Waals surface area contributed by atoms with Gasteiger partial charge < -0.3 is 4.90 Å². The molecule has 0 radical (unpaired) electrons. The zero-order valence-electron chi connectivity index (χ0n) is 13.3. The van der Waals surface area contributed by atoms with Crippen molar-refractivity contribution in [1.29, 1.82) is 0 Å². The predicted octanol–water partition coefficient (Wildman–Crippen LogP) is 4.15. The van der Waals surface area contributed by atoms with E-state index in [0.717, 1.165) is 77.8 Å². The Labute approximate surface area is 153 Å². The number of hydrogen-bond donors (Lipinski definition) is 0. The van der Waals surface area contributed by atoms with Crippen LogP contribution in [0.5, 0.6) is 0 Å². The van der Waals surface area contributed by atoms with Gasteiger partial charge in [0, 0.05) is 39.3 Å². The predicted molar refractivity (Wildman–Crippen MR) is 97.8 cm³/mol. The molecule has 0 aromatic rings. The van der Waals surface area contributed by atoms with E-state index in [1.54, 1.807) is 0 Å². The number of alkyl halides is 3. The largest absolute Gasteiger partial charge is 0.356 e. The Bertz CT molecular complexity index is 473. The van der Waals surface area contributed by atoms with E-state index in [4.69, 9.17) is 34.8 Å². The molecule has 0 aliphatic carbocycles. The highest BCUT2D eigenvalue weighted by Gasteiger charge is 2.44. The summed E-state index contributed by atoms with van der Waals surface area (Å²) in [5.74, 6) is 0.363. The first-order valence-electron chi connectivity index (χ1n) is 8.44. The Morgan fingerprint density at radius 2 is 1.17 bits per heavy atom. The number of likely N-dealkylation sites (tertiary alicyclic amines) is 1. The lowest BCUT2D eigenvalue weighted by atomic mass is 10.4. The van der Waals surface area contributed by atoms with Crippen LogP contribution in [0.15, 0.2) is 4.76 Å². The highest BCUT2D eigenvalue weighted by atomic mass is 35.6. The first-order chi connectivity index (χ1) is 10.9. The van der Waals surface area contributed by atoms with Crippen molar-refractivity contribution in [2.45, 2.75) is 42.3 Å². The van der Waals surface area contributed by atoms with Crippen molar-refractivity contribution in [3.63, 3.8) is 0 Å². The Hall–Kier alpha value is 0.490. The van der Waals surface area contributed by atoms with Crippen molar-refractivity contribution in [3.8, 4) is 0 Å². The molecule has 0 amide bonds. The van der Waals surface area contributed by atoms with Crippen LogP contribution < -0.4 is 0 Å². The van der Waals surface area contributed by atoms with Crippen molar-refractivity contribution in [1.82, 2.24) is 14.2 Å². The second-order valence-electron chi connectivity index (χ2n) is 6.45. The van der Waals surface area contributed by atoms with Crippen LogP contribution in [-0.2, 0) is 4.57 Å². The average molecular weight is 402 g/mol. The fourth-order valence-electron chi connectivity index (χ4n) is 3.58. The molecule has 0 spiro atoms. The van der Waals surface area contributed by atoms with Gasteiger partial charge in [-0.05, 0) is 38.5 Å². The molecule has 132 valence electrons. The molecule has 0 aromatic carbocycles. The molecule has 0 unspecified atom stereocenters. The molecule has 3 rings (SSSR count). The van der Waals surface area contributed by atoms with Gasteiger partial charge in [-0.15, -0.1) is 0 Å². The SMILES string of the molecule is O=P(/N=C(/N1CCCC1)C(Cl)(Cl)Cl)(N1CCCC1)N1CCCC1. The number of hydrogen-bond acceptors (Lipinski definition) is 1. The van der Waals surface area contributed by atoms with Gasteiger partial charge in [0.2, 0.25) is 3.79 Å². The molecule has 0 atom stereocenters. The quantitative estimate of drug-likeness (QED) is 0.308. The van der Waals surface area contributed by atoms with E-state index in [1.807, 2.05) is 14.2 Å². The van der Waals surface area contributed by atoms with Gasteiger partial charge in [-0.2, -0.15) is 4.76 Å². The molecule has 0 bridgehead atoms. The van der Waals surface area contributed by atoms with Crippen LogP contribution in [0.3, 0.4) is 0 Å². The minimum absolute atomic E-state index is 0.363. The van der Waals surface area contributed by atoms with Gasteiger partial charge in [0.05, 0.1) is 0 Å². The van der Waals surface area contributed by atoms with Gasteiger partial charge in [0.15, 0.2) is 5.84 Å². The Morgan fingerprint density at radius 3 is 1.57 bits per heavy atom. The molecule has 0 saturated carbocycles. The van der Waals surface area contributed by atoms with E-state index in [2.05, 4.69) is 4.76 Å². The molecule has 9 heteroatoms. The van der Waals surface area contributed by atoms with Gasteiger partial charge in [0.1, 0.15) is 0 Å². The lowest BCUT2D eigenvalue weighted by molar-refractivity contribution is 0.392. The van der Waals surface area contributed by atoms with E-state index < -0.39 is 11.4 Å². The van der Waals surface area contributed by atoms with Crippen LogP contribution in [0.4, 0.5) is 0 Å². The Kier molecular flexibility index (Phi) is 5.88. The van der Waals surface area contributed by atoms with Crippen LogP contribution in [0, 0.1) is 0 Å². The van der Waals surface area contributed by atoms with Crippen LogP contribution >= 0.6 is 42.4 Å². The molecule has 0 N–H and O–H groups in total. The summed E-state index contributed by atoms with van der Waals surface area (Å²) in [5, 5.41) is 0. The standard InChI is InChI=1S/C14H24Cl3N4OP/c15-14(16,17)13(19-7-1-2-8-19)18-23(22,20-9-3-4-10-20)21-11-5-6-12-21/h1-12H2/b18-13+. The summed E-state index contributed by atoms with van der Waals surface area (Å²) in [7, 11) is -3.06. The topological polar surface area (TPSA) is 39.2 Å². The highest BCUT2D eigenvalue weighted by Crippen LogP contribution is 2.58. The van der Waals surface area contributed by atoms with Crippen LogP contribution in [0.1, 0.15) is 38.5 Å². The third kappa shape index (κ3) is 4.02. The molecule has 23 heavy (non-hydrogen) atoms. The molecule has 3 aliphatic heterocycles. The van der Waals surface area contributed by atoms with Crippen molar-refractivity contribution in [2.75, 3.05) is 39.3 Å². The fourth-order valence-corrected chi connectivity index (χ4v) is 6.98. The van der Waals surface area contributed by atoms with Crippen molar-refractivity contribution in [2.24, 2.45) is 4.76 Å². The molecule has 3 fully saturated rings. The van der Waals surface area contributed by atoms with Gasteiger partial charge in [-0.1, -0.05) is 34.8 Å². The molecule has 5 nitrogen and oxygen atoms in total. The summed E-state index contributed by atoms with van der Waals surface area (Å²) in [6, 6.07) is 0. The maximum Gasteiger partial charge on any atom is 0.331 e. The molecule has 3 saturated heterocycles. The average Bonchev–Trinajstić information content (AvgIpc) is 3.27. The molecule has 3 heterocycles. The minimum Gasteiger partial charge on any atom is -0.356 e. The minimum atomic E-state index is -3.06. The number of halogens is 3.